The molecule has 0 radical (unpaired) electrons. The molecule has 0 aliphatic carbocycles. The Hall–Kier alpha value is -2.70. The second-order valence-corrected chi connectivity index (χ2v) is 6.15. The number of amides is 2. The summed E-state index contributed by atoms with van der Waals surface area (Å²) in [6.07, 6.45) is 5.32. The summed E-state index contributed by atoms with van der Waals surface area (Å²) in [6.45, 7) is 3.89. The number of halogens is 1. The van der Waals surface area contributed by atoms with Crippen LogP contribution in [-0.2, 0) is 6.54 Å². The van der Waals surface area contributed by atoms with Gasteiger partial charge in [0.15, 0.2) is 0 Å². The zero-order valence-electron chi connectivity index (χ0n) is 14.3. The van der Waals surface area contributed by atoms with E-state index in [4.69, 9.17) is 0 Å². The molecule has 1 aromatic carbocycles. The molecule has 1 aliphatic rings. The van der Waals surface area contributed by atoms with Crippen molar-refractivity contribution < 1.29 is 9.18 Å². The molecular weight excluding hydrogens is 321 g/mol. The molecule has 1 aliphatic heterocycles. The lowest BCUT2D eigenvalue weighted by Gasteiger charge is -2.27. The Morgan fingerprint density at radius 3 is 2.80 bits per heavy atom. The maximum absolute atomic E-state index is 13.5. The highest BCUT2D eigenvalue weighted by atomic mass is 19.1. The van der Waals surface area contributed by atoms with Crippen LogP contribution < -0.4 is 15.5 Å². The number of nitrogens with zero attached hydrogens (tertiary/aromatic N) is 3. The van der Waals surface area contributed by atoms with Crippen molar-refractivity contribution in [3.63, 3.8) is 0 Å². The maximum Gasteiger partial charge on any atom is 0.319 e. The van der Waals surface area contributed by atoms with E-state index >= 15 is 0 Å². The molecule has 2 amide bonds. The van der Waals surface area contributed by atoms with Crippen molar-refractivity contribution in [2.24, 2.45) is 0 Å². The number of piperidine rings is 1. The van der Waals surface area contributed by atoms with Crippen LogP contribution in [0.15, 0.2) is 30.5 Å². The highest BCUT2D eigenvalue weighted by Crippen LogP contribution is 2.17. The van der Waals surface area contributed by atoms with Crippen molar-refractivity contribution in [3.8, 4) is 0 Å². The summed E-state index contributed by atoms with van der Waals surface area (Å²) in [5.41, 5.74) is 0.942. The van der Waals surface area contributed by atoms with Gasteiger partial charge in [-0.05, 0) is 49.9 Å². The van der Waals surface area contributed by atoms with Crippen molar-refractivity contribution in [1.82, 2.24) is 15.3 Å². The molecule has 25 heavy (non-hydrogen) atoms. The van der Waals surface area contributed by atoms with Crippen LogP contribution in [0.3, 0.4) is 0 Å². The number of nitrogens with one attached hydrogen (secondary N) is 2. The number of urea groups is 1. The van der Waals surface area contributed by atoms with Gasteiger partial charge in [0.2, 0.25) is 0 Å². The topological polar surface area (TPSA) is 70.2 Å². The number of rotatable bonds is 4. The Kier molecular flexibility index (Phi) is 5.42. The van der Waals surface area contributed by atoms with Gasteiger partial charge in [0, 0.05) is 25.0 Å². The molecule has 2 N–H and O–H groups in total. The first-order valence-corrected chi connectivity index (χ1v) is 8.50. The average Bonchev–Trinajstić information content (AvgIpc) is 2.64. The van der Waals surface area contributed by atoms with Gasteiger partial charge in [-0.25, -0.2) is 19.2 Å². The van der Waals surface area contributed by atoms with E-state index < -0.39 is 6.03 Å². The molecule has 0 bridgehead atoms. The van der Waals surface area contributed by atoms with Crippen molar-refractivity contribution in [1.29, 1.82) is 0 Å². The molecule has 2 aromatic rings. The monoisotopic (exact) mass is 343 g/mol. The lowest BCUT2D eigenvalue weighted by atomic mass is 10.1. The van der Waals surface area contributed by atoms with E-state index in [0.717, 1.165) is 18.9 Å². The molecule has 1 fully saturated rings. The first kappa shape index (κ1) is 17.1. The van der Waals surface area contributed by atoms with Crippen LogP contribution in [0.2, 0.25) is 0 Å². The number of aromatic nitrogens is 2. The van der Waals surface area contributed by atoms with Crippen LogP contribution in [0.1, 0.15) is 30.7 Å². The van der Waals surface area contributed by atoms with Gasteiger partial charge in [-0.1, -0.05) is 6.07 Å². The second-order valence-electron chi connectivity index (χ2n) is 6.15. The third-order valence-electron chi connectivity index (χ3n) is 4.21. The summed E-state index contributed by atoms with van der Waals surface area (Å²) < 4.78 is 13.5. The Balaban J connectivity index is 1.55. The number of carbonyl (C=O) groups excluding carboxylic acids is 1. The van der Waals surface area contributed by atoms with Gasteiger partial charge in [-0.3, -0.25) is 0 Å². The van der Waals surface area contributed by atoms with E-state index in [9.17, 15) is 9.18 Å². The lowest BCUT2D eigenvalue weighted by molar-refractivity contribution is 0.251. The minimum Gasteiger partial charge on any atom is -0.357 e. The number of hydrogen-bond acceptors (Lipinski definition) is 4. The van der Waals surface area contributed by atoms with Crippen LogP contribution in [-0.4, -0.2) is 29.1 Å². The van der Waals surface area contributed by atoms with E-state index in [1.54, 1.807) is 25.3 Å². The van der Waals surface area contributed by atoms with Crippen molar-refractivity contribution in [2.75, 3.05) is 23.3 Å². The van der Waals surface area contributed by atoms with Crippen molar-refractivity contribution in [3.05, 3.63) is 47.7 Å². The van der Waals surface area contributed by atoms with Gasteiger partial charge in [0.05, 0.1) is 6.54 Å². The van der Waals surface area contributed by atoms with Gasteiger partial charge < -0.3 is 15.5 Å². The van der Waals surface area contributed by atoms with Gasteiger partial charge in [-0.15, -0.1) is 0 Å². The van der Waals surface area contributed by atoms with Gasteiger partial charge in [0.1, 0.15) is 17.5 Å². The maximum atomic E-state index is 13.5. The number of hydrogen-bond donors (Lipinski definition) is 2. The van der Waals surface area contributed by atoms with E-state index in [0.29, 0.717) is 17.1 Å². The number of carbonyl (C=O) groups is 1. The van der Waals surface area contributed by atoms with E-state index in [1.807, 2.05) is 6.07 Å². The number of aryl methyl sites for hydroxylation is 1. The molecule has 6 nitrogen and oxygen atoms in total. The third kappa shape index (κ3) is 4.65. The highest BCUT2D eigenvalue weighted by Gasteiger charge is 2.13. The van der Waals surface area contributed by atoms with Crippen LogP contribution in [0.25, 0.3) is 0 Å². The van der Waals surface area contributed by atoms with Crippen molar-refractivity contribution >= 4 is 17.5 Å². The first-order valence-electron chi connectivity index (χ1n) is 8.50. The fraction of sp³-hybridized carbons (Fsp3) is 0.389. The zero-order valence-corrected chi connectivity index (χ0v) is 14.3. The van der Waals surface area contributed by atoms with E-state index in [-0.39, 0.29) is 12.4 Å². The summed E-state index contributed by atoms with van der Waals surface area (Å²) in [4.78, 5) is 22.9. The minimum atomic E-state index is -0.421. The van der Waals surface area contributed by atoms with Crippen LogP contribution in [0, 0.1) is 12.7 Å². The predicted octanol–water partition coefficient (Wildman–Crippen LogP) is 3.24. The summed E-state index contributed by atoms with van der Waals surface area (Å²) in [5, 5.41) is 5.30. The number of anilines is 2. The SMILES string of the molecule is Cc1ccc(NC(=O)NCc2nccc(N3CCCCC3)n2)cc1F. The van der Waals surface area contributed by atoms with E-state index in [1.165, 1.54) is 25.3 Å². The quantitative estimate of drug-likeness (QED) is 0.894. The molecule has 1 aromatic heterocycles. The molecule has 0 atom stereocenters. The summed E-state index contributed by atoms with van der Waals surface area (Å²) in [5.74, 6) is 1.09. The van der Waals surface area contributed by atoms with Crippen LogP contribution in [0.5, 0.6) is 0 Å². The third-order valence-corrected chi connectivity index (χ3v) is 4.21. The van der Waals surface area contributed by atoms with Gasteiger partial charge >= 0.3 is 6.03 Å². The molecule has 7 heteroatoms. The van der Waals surface area contributed by atoms with E-state index in [2.05, 4.69) is 25.5 Å². The fourth-order valence-electron chi connectivity index (χ4n) is 2.78. The fourth-order valence-corrected chi connectivity index (χ4v) is 2.78. The Labute approximate surface area is 146 Å². The van der Waals surface area contributed by atoms with Crippen LogP contribution >= 0.6 is 0 Å². The zero-order chi connectivity index (χ0) is 17.6. The Morgan fingerprint density at radius 2 is 2.04 bits per heavy atom. The molecule has 0 unspecified atom stereocenters. The minimum absolute atomic E-state index is 0.210. The standard InChI is InChI=1S/C18H22FN5O/c1-13-5-6-14(11-15(13)19)22-18(25)21-12-16-20-8-7-17(23-16)24-9-3-2-4-10-24/h5-8,11H,2-4,9-10,12H2,1H3,(H2,21,22,25). The lowest BCUT2D eigenvalue weighted by Crippen LogP contribution is -2.31. The van der Waals surface area contributed by atoms with Crippen molar-refractivity contribution in [2.45, 2.75) is 32.7 Å². The summed E-state index contributed by atoms with van der Waals surface area (Å²) in [6, 6.07) is 6.05. The molecular formula is C18H22FN5O. The summed E-state index contributed by atoms with van der Waals surface area (Å²) >= 11 is 0. The molecule has 0 spiro atoms. The molecule has 132 valence electrons. The summed E-state index contributed by atoms with van der Waals surface area (Å²) in [7, 11) is 0. The number of benzene rings is 1. The molecule has 2 heterocycles. The smallest absolute Gasteiger partial charge is 0.319 e. The Bertz CT molecular complexity index is 746. The largest absolute Gasteiger partial charge is 0.357 e. The van der Waals surface area contributed by atoms with Gasteiger partial charge in [0.25, 0.3) is 0 Å². The molecule has 3 rings (SSSR count). The molecule has 1 saturated heterocycles. The highest BCUT2D eigenvalue weighted by molar-refractivity contribution is 5.89. The molecule has 0 saturated carbocycles. The first-order chi connectivity index (χ1) is 12.1. The second kappa shape index (κ2) is 7.92. The Morgan fingerprint density at radius 1 is 1.24 bits per heavy atom. The average molecular weight is 343 g/mol. The van der Waals surface area contributed by atoms with Gasteiger partial charge in [-0.2, -0.15) is 0 Å². The van der Waals surface area contributed by atoms with Crippen LogP contribution in [0.4, 0.5) is 20.7 Å². The predicted molar refractivity (Wildman–Crippen MR) is 95.1 cm³/mol. The normalized spacial score (nSPS) is 14.2.